The Kier molecular flexibility index (Phi) is 2.97. The van der Waals surface area contributed by atoms with E-state index >= 15 is 0 Å². The minimum absolute atomic E-state index is 0.0428. The predicted octanol–water partition coefficient (Wildman–Crippen LogP) is 0.151. The molecule has 0 radical (unpaired) electrons. The summed E-state index contributed by atoms with van der Waals surface area (Å²) in [7, 11) is 0. The van der Waals surface area contributed by atoms with E-state index in [-0.39, 0.29) is 6.61 Å². The van der Waals surface area contributed by atoms with Crippen molar-refractivity contribution in [3.8, 4) is 6.07 Å². The van der Waals surface area contributed by atoms with Gasteiger partial charge in [0, 0.05) is 6.54 Å². The molecule has 0 aromatic carbocycles. The monoisotopic (exact) mass is 221 g/mol. The highest BCUT2D eigenvalue weighted by atomic mass is 16.3. The molecule has 1 fully saturated rings. The van der Waals surface area contributed by atoms with Gasteiger partial charge in [-0.3, -0.25) is 0 Å². The van der Waals surface area contributed by atoms with Gasteiger partial charge in [-0.25, -0.2) is 4.68 Å². The smallest absolute Gasteiger partial charge is 0.168 e. The van der Waals surface area contributed by atoms with E-state index in [1.54, 1.807) is 0 Å². The van der Waals surface area contributed by atoms with Gasteiger partial charge in [-0.15, -0.1) is 0 Å². The standard InChI is InChI=1S/C10H15N5O/c11-5-8-9(12)15(3-4-16)14-10(8)13-6-7-1-2-7/h7,16H,1-4,6,12H2,(H,13,14). The molecule has 1 saturated carbocycles. The number of hydrogen-bond acceptors (Lipinski definition) is 5. The van der Waals surface area contributed by atoms with Gasteiger partial charge < -0.3 is 16.2 Å². The minimum Gasteiger partial charge on any atom is -0.394 e. The average molecular weight is 221 g/mol. The number of nitrogens with one attached hydrogen (secondary N) is 1. The number of aliphatic hydroxyl groups is 1. The molecular weight excluding hydrogens is 206 g/mol. The number of nitriles is 1. The molecule has 1 aliphatic rings. The summed E-state index contributed by atoms with van der Waals surface area (Å²) in [6.45, 7) is 1.11. The maximum Gasteiger partial charge on any atom is 0.168 e. The van der Waals surface area contributed by atoms with Gasteiger partial charge in [-0.05, 0) is 18.8 Å². The number of nitrogens with two attached hydrogens (primary N) is 1. The molecule has 4 N–H and O–H groups in total. The van der Waals surface area contributed by atoms with E-state index in [4.69, 9.17) is 16.1 Å². The van der Waals surface area contributed by atoms with Crippen LogP contribution in [0, 0.1) is 17.2 Å². The molecule has 1 aliphatic carbocycles. The van der Waals surface area contributed by atoms with E-state index in [0.29, 0.717) is 29.7 Å². The van der Waals surface area contributed by atoms with Crippen LogP contribution in [0.15, 0.2) is 0 Å². The fourth-order valence-electron chi connectivity index (χ4n) is 1.54. The highest BCUT2D eigenvalue weighted by Crippen LogP contribution is 2.29. The van der Waals surface area contributed by atoms with Crippen LogP contribution in [0.3, 0.4) is 0 Å². The summed E-state index contributed by atoms with van der Waals surface area (Å²) in [5, 5.41) is 25.1. The largest absolute Gasteiger partial charge is 0.394 e. The highest BCUT2D eigenvalue weighted by Gasteiger charge is 2.22. The van der Waals surface area contributed by atoms with Crippen molar-refractivity contribution in [3.63, 3.8) is 0 Å². The molecule has 6 nitrogen and oxygen atoms in total. The second-order valence-corrected chi connectivity index (χ2v) is 3.99. The van der Waals surface area contributed by atoms with Crippen molar-refractivity contribution in [1.29, 1.82) is 5.26 Å². The summed E-state index contributed by atoms with van der Waals surface area (Å²) in [6.07, 6.45) is 2.48. The van der Waals surface area contributed by atoms with E-state index in [9.17, 15) is 0 Å². The van der Waals surface area contributed by atoms with Gasteiger partial charge in [0.15, 0.2) is 5.82 Å². The third-order valence-corrected chi connectivity index (χ3v) is 2.67. The fraction of sp³-hybridized carbons (Fsp3) is 0.600. The lowest BCUT2D eigenvalue weighted by molar-refractivity contribution is 0.270. The normalized spacial score (nSPS) is 14.8. The van der Waals surface area contributed by atoms with Crippen LogP contribution >= 0.6 is 0 Å². The number of hydrogen-bond donors (Lipinski definition) is 3. The van der Waals surface area contributed by atoms with Gasteiger partial charge in [0.2, 0.25) is 0 Å². The highest BCUT2D eigenvalue weighted by molar-refractivity contribution is 5.63. The van der Waals surface area contributed by atoms with Gasteiger partial charge in [0.25, 0.3) is 0 Å². The Labute approximate surface area is 93.7 Å². The van der Waals surface area contributed by atoms with E-state index in [1.807, 2.05) is 6.07 Å². The fourth-order valence-corrected chi connectivity index (χ4v) is 1.54. The van der Waals surface area contributed by atoms with Gasteiger partial charge in [0.1, 0.15) is 17.5 Å². The van der Waals surface area contributed by atoms with Crippen LogP contribution < -0.4 is 11.1 Å². The molecule has 86 valence electrons. The van der Waals surface area contributed by atoms with Crippen LogP contribution in [-0.2, 0) is 6.54 Å². The van der Waals surface area contributed by atoms with Crippen LogP contribution in [0.4, 0.5) is 11.6 Å². The first kappa shape index (κ1) is 10.8. The number of nitrogen functional groups attached to an aromatic ring is 1. The Morgan fingerprint density at radius 2 is 2.38 bits per heavy atom. The first-order valence-electron chi connectivity index (χ1n) is 5.37. The topological polar surface area (TPSA) is 99.9 Å². The summed E-state index contributed by atoms with van der Waals surface area (Å²) in [6, 6.07) is 2.03. The van der Waals surface area contributed by atoms with Crippen LogP contribution in [0.25, 0.3) is 0 Å². The van der Waals surface area contributed by atoms with Crippen molar-refractivity contribution in [2.75, 3.05) is 24.2 Å². The Bertz CT molecular complexity index is 416. The molecule has 1 aromatic heterocycles. The van der Waals surface area contributed by atoms with E-state index in [2.05, 4.69) is 10.4 Å². The quantitative estimate of drug-likeness (QED) is 0.657. The number of nitrogens with zero attached hydrogens (tertiary/aromatic N) is 3. The van der Waals surface area contributed by atoms with Crippen LogP contribution in [0.1, 0.15) is 18.4 Å². The molecule has 0 spiro atoms. The minimum atomic E-state index is -0.0428. The van der Waals surface area contributed by atoms with Crippen molar-refractivity contribution in [1.82, 2.24) is 9.78 Å². The Morgan fingerprint density at radius 3 is 2.94 bits per heavy atom. The Hall–Kier alpha value is -1.74. The average Bonchev–Trinajstić information content (AvgIpc) is 3.04. The van der Waals surface area contributed by atoms with E-state index in [1.165, 1.54) is 17.5 Å². The van der Waals surface area contributed by atoms with Gasteiger partial charge in [-0.2, -0.15) is 10.4 Å². The molecule has 0 amide bonds. The molecule has 6 heteroatoms. The van der Waals surface area contributed by atoms with E-state index < -0.39 is 0 Å². The molecule has 1 heterocycles. The third-order valence-electron chi connectivity index (χ3n) is 2.67. The molecule has 0 bridgehead atoms. The lowest BCUT2D eigenvalue weighted by atomic mass is 10.3. The zero-order valence-electron chi connectivity index (χ0n) is 8.98. The zero-order valence-corrected chi connectivity index (χ0v) is 8.98. The predicted molar refractivity (Wildman–Crippen MR) is 59.7 cm³/mol. The Balaban J connectivity index is 2.14. The van der Waals surface area contributed by atoms with Crippen molar-refractivity contribution in [2.45, 2.75) is 19.4 Å². The maximum absolute atomic E-state index is 8.98. The molecule has 0 saturated heterocycles. The second-order valence-electron chi connectivity index (χ2n) is 3.99. The van der Waals surface area contributed by atoms with Crippen LogP contribution in [-0.4, -0.2) is 28.0 Å². The first-order valence-corrected chi connectivity index (χ1v) is 5.37. The molecule has 2 rings (SSSR count). The summed E-state index contributed by atoms with van der Waals surface area (Å²) < 4.78 is 1.45. The molecule has 1 aromatic rings. The van der Waals surface area contributed by atoms with Gasteiger partial charge >= 0.3 is 0 Å². The first-order chi connectivity index (χ1) is 7.76. The number of anilines is 2. The number of aromatic nitrogens is 2. The van der Waals surface area contributed by atoms with Gasteiger partial charge in [-0.1, -0.05) is 0 Å². The van der Waals surface area contributed by atoms with Crippen LogP contribution in [0.5, 0.6) is 0 Å². The van der Waals surface area contributed by atoms with Crippen molar-refractivity contribution in [3.05, 3.63) is 5.56 Å². The van der Waals surface area contributed by atoms with Crippen molar-refractivity contribution < 1.29 is 5.11 Å². The lowest BCUT2D eigenvalue weighted by Gasteiger charge is -2.00. The number of rotatable bonds is 5. The number of aliphatic hydroxyl groups excluding tert-OH is 1. The third kappa shape index (κ3) is 2.09. The Morgan fingerprint density at radius 1 is 1.62 bits per heavy atom. The molecule has 0 atom stereocenters. The summed E-state index contributed by atoms with van der Waals surface area (Å²) in [5.41, 5.74) is 6.12. The SMILES string of the molecule is N#Cc1c(NCC2CC2)nn(CCO)c1N. The molecular formula is C10H15N5O. The second kappa shape index (κ2) is 4.41. The molecule has 0 aliphatic heterocycles. The van der Waals surface area contributed by atoms with E-state index in [0.717, 1.165) is 6.54 Å². The molecule has 0 unspecified atom stereocenters. The summed E-state index contributed by atoms with van der Waals surface area (Å²) in [4.78, 5) is 0. The summed E-state index contributed by atoms with van der Waals surface area (Å²) in [5.74, 6) is 1.55. The van der Waals surface area contributed by atoms with Crippen molar-refractivity contribution >= 4 is 11.6 Å². The van der Waals surface area contributed by atoms with Gasteiger partial charge in [0.05, 0.1) is 13.2 Å². The molecule has 16 heavy (non-hydrogen) atoms. The summed E-state index contributed by atoms with van der Waals surface area (Å²) >= 11 is 0. The maximum atomic E-state index is 8.98. The van der Waals surface area contributed by atoms with Crippen molar-refractivity contribution in [2.24, 2.45) is 5.92 Å². The lowest BCUT2D eigenvalue weighted by Crippen LogP contribution is -2.08. The van der Waals surface area contributed by atoms with Crippen LogP contribution in [0.2, 0.25) is 0 Å². The zero-order chi connectivity index (χ0) is 11.5.